The number of carboxylic acids is 1. The summed E-state index contributed by atoms with van der Waals surface area (Å²) in [7, 11) is 0. The van der Waals surface area contributed by atoms with Gasteiger partial charge in [0.1, 0.15) is 5.92 Å². The highest BCUT2D eigenvalue weighted by Gasteiger charge is 2.19. The van der Waals surface area contributed by atoms with Gasteiger partial charge in [-0.15, -0.1) is 0 Å². The average Bonchev–Trinajstić information content (AvgIpc) is 2.59. The zero-order chi connectivity index (χ0) is 11.4. The molecule has 1 unspecified atom stereocenters. The Morgan fingerprint density at radius 2 is 2.20 bits per heavy atom. The van der Waals surface area contributed by atoms with Gasteiger partial charge in [0.05, 0.1) is 0 Å². The van der Waals surface area contributed by atoms with Gasteiger partial charge in [0.15, 0.2) is 0 Å². The van der Waals surface area contributed by atoms with Crippen molar-refractivity contribution < 1.29 is 14.7 Å². The van der Waals surface area contributed by atoms with Crippen molar-refractivity contribution in [3.8, 4) is 0 Å². The van der Waals surface area contributed by atoms with Crippen LogP contribution in [0.3, 0.4) is 0 Å². The van der Waals surface area contributed by atoms with Crippen molar-refractivity contribution in [1.29, 1.82) is 0 Å². The van der Waals surface area contributed by atoms with E-state index in [-0.39, 0.29) is 0 Å². The van der Waals surface area contributed by atoms with Crippen LogP contribution >= 0.6 is 11.3 Å². The number of aryl methyl sites for hydroxylation is 1. The van der Waals surface area contributed by atoms with Gasteiger partial charge in [0.25, 0.3) is 0 Å². The maximum absolute atomic E-state index is 11.3. The van der Waals surface area contributed by atoms with Crippen LogP contribution in [0.5, 0.6) is 0 Å². The zero-order valence-corrected chi connectivity index (χ0v) is 9.43. The highest BCUT2D eigenvalue weighted by molar-refractivity contribution is 7.08. The molecule has 0 fully saturated rings. The van der Waals surface area contributed by atoms with Crippen LogP contribution in [0.1, 0.15) is 18.1 Å². The Labute approximate surface area is 91.9 Å². The zero-order valence-electron chi connectivity index (χ0n) is 8.61. The van der Waals surface area contributed by atoms with E-state index in [4.69, 9.17) is 5.11 Å². The Morgan fingerprint density at radius 1 is 1.53 bits per heavy atom. The SMILES string of the molecule is Cc1cscc1CNC(=O)C(C)C(=O)O. The summed E-state index contributed by atoms with van der Waals surface area (Å²) < 4.78 is 0. The first-order chi connectivity index (χ1) is 7.02. The van der Waals surface area contributed by atoms with E-state index in [1.807, 2.05) is 17.7 Å². The van der Waals surface area contributed by atoms with Crippen molar-refractivity contribution in [3.05, 3.63) is 21.9 Å². The molecule has 0 aromatic carbocycles. The van der Waals surface area contributed by atoms with E-state index in [0.717, 1.165) is 11.1 Å². The Kier molecular flexibility index (Phi) is 3.85. The van der Waals surface area contributed by atoms with Crippen LogP contribution in [-0.2, 0) is 16.1 Å². The second-order valence-electron chi connectivity index (χ2n) is 3.36. The molecule has 82 valence electrons. The number of carbonyl (C=O) groups is 2. The number of hydrogen-bond acceptors (Lipinski definition) is 3. The predicted octanol–water partition coefficient (Wildman–Crippen LogP) is 1.39. The molecule has 0 radical (unpaired) electrons. The first kappa shape index (κ1) is 11.7. The number of amides is 1. The Bertz CT molecular complexity index is 372. The Morgan fingerprint density at radius 3 is 2.67 bits per heavy atom. The minimum absolute atomic E-state index is 0.395. The fourth-order valence-corrected chi connectivity index (χ4v) is 1.87. The van der Waals surface area contributed by atoms with Crippen LogP contribution in [0.4, 0.5) is 0 Å². The van der Waals surface area contributed by atoms with Crippen LogP contribution in [0.2, 0.25) is 0 Å². The monoisotopic (exact) mass is 227 g/mol. The Balaban J connectivity index is 2.48. The summed E-state index contributed by atoms with van der Waals surface area (Å²) in [5, 5.41) is 15.1. The van der Waals surface area contributed by atoms with E-state index in [9.17, 15) is 9.59 Å². The number of aliphatic carboxylic acids is 1. The van der Waals surface area contributed by atoms with Crippen LogP contribution in [0, 0.1) is 12.8 Å². The first-order valence-electron chi connectivity index (χ1n) is 4.54. The average molecular weight is 227 g/mol. The summed E-state index contributed by atoms with van der Waals surface area (Å²) in [4.78, 5) is 21.8. The van der Waals surface area contributed by atoms with Gasteiger partial charge in [-0.3, -0.25) is 9.59 Å². The lowest BCUT2D eigenvalue weighted by Crippen LogP contribution is -2.33. The Hall–Kier alpha value is -1.36. The maximum atomic E-state index is 11.3. The van der Waals surface area contributed by atoms with Gasteiger partial charge >= 0.3 is 5.97 Å². The summed E-state index contributed by atoms with van der Waals surface area (Å²) in [6.45, 7) is 3.72. The van der Waals surface area contributed by atoms with Gasteiger partial charge in [0, 0.05) is 6.54 Å². The van der Waals surface area contributed by atoms with Crippen molar-refractivity contribution in [2.75, 3.05) is 0 Å². The van der Waals surface area contributed by atoms with Gasteiger partial charge in [-0.05, 0) is 35.7 Å². The van der Waals surface area contributed by atoms with Crippen LogP contribution in [-0.4, -0.2) is 17.0 Å². The third-order valence-corrected chi connectivity index (χ3v) is 3.09. The third-order valence-electron chi connectivity index (χ3n) is 2.18. The molecule has 0 bridgehead atoms. The number of carboxylic acid groups (broad SMARTS) is 1. The van der Waals surface area contributed by atoms with Crippen molar-refractivity contribution in [3.63, 3.8) is 0 Å². The van der Waals surface area contributed by atoms with Gasteiger partial charge in [-0.2, -0.15) is 11.3 Å². The molecular weight excluding hydrogens is 214 g/mol. The minimum atomic E-state index is -1.10. The molecule has 1 amide bonds. The predicted molar refractivity (Wildman–Crippen MR) is 57.7 cm³/mol. The molecule has 1 rings (SSSR count). The van der Waals surface area contributed by atoms with Crippen molar-refractivity contribution in [2.24, 2.45) is 5.92 Å². The van der Waals surface area contributed by atoms with Gasteiger partial charge < -0.3 is 10.4 Å². The highest BCUT2D eigenvalue weighted by Crippen LogP contribution is 2.13. The normalized spacial score (nSPS) is 12.1. The molecule has 2 N–H and O–H groups in total. The van der Waals surface area contributed by atoms with Gasteiger partial charge in [-0.25, -0.2) is 0 Å². The smallest absolute Gasteiger partial charge is 0.315 e. The second kappa shape index (κ2) is 4.93. The van der Waals surface area contributed by atoms with Crippen molar-refractivity contribution >= 4 is 23.2 Å². The number of carbonyl (C=O) groups excluding carboxylic acids is 1. The van der Waals surface area contributed by atoms with Gasteiger partial charge in [-0.1, -0.05) is 0 Å². The van der Waals surface area contributed by atoms with Crippen molar-refractivity contribution in [1.82, 2.24) is 5.32 Å². The molecular formula is C10H13NO3S. The fraction of sp³-hybridized carbons (Fsp3) is 0.400. The first-order valence-corrected chi connectivity index (χ1v) is 5.49. The van der Waals surface area contributed by atoms with Crippen LogP contribution < -0.4 is 5.32 Å². The highest BCUT2D eigenvalue weighted by atomic mass is 32.1. The van der Waals surface area contributed by atoms with E-state index in [1.54, 1.807) is 11.3 Å². The number of nitrogens with one attached hydrogen (secondary N) is 1. The quantitative estimate of drug-likeness (QED) is 0.764. The van der Waals surface area contributed by atoms with E-state index >= 15 is 0 Å². The maximum Gasteiger partial charge on any atom is 0.315 e. The molecule has 1 atom stereocenters. The van der Waals surface area contributed by atoms with E-state index in [1.165, 1.54) is 6.92 Å². The molecule has 1 aromatic rings. The summed E-state index contributed by atoms with van der Waals surface area (Å²) >= 11 is 1.56. The molecule has 15 heavy (non-hydrogen) atoms. The molecule has 0 saturated carbocycles. The van der Waals surface area contributed by atoms with E-state index in [2.05, 4.69) is 5.32 Å². The van der Waals surface area contributed by atoms with Crippen LogP contribution in [0.25, 0.3) is 0 Å². The van der Waals surface area contributed by atoms with Gasteiger partial charge in [0.2, 0.25) is 5.91 Å². The fourth-order valence-electron chi connectivity index (χ4n) is 1.02. The molecule has 0 aliphatic carbocycles. The lowest BCUT2D eigenvalue weighted by Gasteiger charge is -2.07. The molecule has 1 heterocycles. The molecule has 4 nitrogen and oxygen atoms in total. The lowest BCUT2D eigenvalue weighted by molar-refractivity contribution is -0.146. The standard InChI is InChI=1S/C10H13NO3S/c1-6-4-15-5-8(6)3-11-9(12)7(2)10(13)14/h4-5,7H,3H2,1-2H3,(H,11,12)(H,13,14). The van der Waals surface area contributed by atoms with E-state index in [0.29, 0.717) is 6.54 Å². The second-order valence-corrected chi connectivity index (χ2v) is 4.10. The largest absolute Gasteiger partial charge is 0.481 e. The van der Waals surface area contributed by atoms with Crippen molar-refractivity contribution in [2.45, 2.75) is 20.4 Å². The summed E-state index contributed by atoms with van der Waals surface area (Å²) in [6, 6.07) is 0. The topological polar surface area (TPSA) is 66.4 Å². The molecule has 0 saturated heterocycles. The van der Waals surface area contributed by atoms with E-state index < -0.39 is 17.8 Å². The molecule has 0 aliphatic heterocycles. The number of hydrogen-bond donors (Lipinski definition) is 2. The summed E-state index contributed by atoms with van der Waals surface area (Å²) in [6.07, 6.45) is 0. The molecule has 1 aromatic heterocycles. The summed E-state index contributed by atoms with van der Waals surface area (Å²) in [5.41, 5.74) is 2.15. The summed E-state index contributed by atoms with van der Waals surface area (Å²) in [5.74, 6) is -2.55. The number of rotatable bonds is 4. The third kappa shape index (κ3) is 3.06. The van der Waals surface area contributed by atoms with Crippen LogP contribution in [0.15, 0.2) is 10.8 Å². The lowest BCUT2D eigenvalue weighted by atomic mass is 10.1. The molecule has 5 heteroatoms. The molecule has 0 aliphatic rings. The molecule has 0 spiro atoms. The number of thiophene rings is 1. The minimum Gasteiger partial charge on any atom is -0.481 e.